The summed E-state index contributed by atoms with van der Waals surface area (Å²) in [7, 11) is -0.454. The number of hydrogen-bond donors (Lipinski definition) is 1. The van der Waals surface area contributed by atoms with Crippen LogP contribution in [0.15, 0.2) is 35.1 Å². The molecule has 0 amide bonds. The average Bonchev–Trinajstić information content (AvgIpc) is 2.86. The molecule has 196 valence electrons. The Labute approximate surface area is 211 Å². The Hall–Kier alpha value is -3.59. The summed E-state index contributed by atoms with van der Waals surface area (Å²) in [4.78, 5) is 12.9. The summed E-state index contributed by atoms with van der Waals surface area (Å²) in [5.41, 5.74) is -1.95. The fourth-order valence-electron chi connectivity index (χ4n) is 4.71. The fraction of sp³-hybridized carbons (Fsp3) is 0.400. The lowest BCUT2D eigenvalue weighted by molar-refractivity contribution is 0.146. The number of anilines is 1. The van der Waals surface area contributed by atoms with Gasteiger partial charge in [0, 0.05) is 23.6 Å². The van der Waals surface area contributed by atoms with E-state index >= 15 is 0 Å². The first kappa shape index (κ1) is 26.5. The number of nitrogens with zero attached hydrogens (tertiary/aromatic N) is 3. The lowest BCUT2D eigenvalue weighted by atomic mass is 9.76. The van der Waals surface area contributed by atoms with Gasteiger partial charge in [0.15, 0.2) is 5.82 Å². The van der Waals surface area contributed by atoms with Crippen molar-refractivity contribution in [3.8, 4) is 11.8 Å². The first-order chi connectivity index (χ1) is 17.4. The lowest BCUT2D eigenvalue weighted by Crippen LogP contribution is -2.36. The van der Waals surface area contributed by atoms with E-state index in [0.717, 1.165) is 10.7 Å². The molecule has 0 spiro atoms. The molecular weight excluding hydrogens is 509 g/mol. The second kappa shape index (κ2) is 9.70. The number of nitrogens with one attached hydrogen (secondary N) is 1. The number of ether oxygens (including phenoxy) is 1. The van der Waals surface area contributed by atoms with Crippen molar-refractivity contribution in [2.45, 2.75) is 37.6 Å². The highest BCUT2D eigenvalue weighted by molar-refractivity contribution is 7.91. The van der Waals surface area contributed by atoms with Gasteiger partial charge in [-0.1, -0.05) is 18.2 Å². The fourth-order valence-corrected chi connectivity index (χ4v) is 6.23. The summed E-state index contributed by atoms with van der Waals surface area (Å²) in [6.45, 7) is 1.57. The van der Waals surface area contributed by atoms with Gasteiger partial charge in [0.05, 0.1) is 47.1 Å². The van der Waals surface area contributed by atoms with Crippen molar-refractivity contribution < 1.29 is 26.3 Å². The van der Waals surface area contributed by atoms with Crippen LogP contribution in [0.25, 0.3) is 10.8 Å². The Bertz CT molecular complexity index is 1570. The zero-order valence-electron chi connectivity index (χ0n) is 20.4. The molecule has 12 heteroatoms. The second-order valence-corrected chi connectivity index (χ2v) is 11.4. The molecule has 0 bridgehead atoms. The largest absolute Gasteiger partial charge is 0.496 e. The number of sulfone groups is 1. The van der Waals surface area contributed by atoms with Crippen molar-refractivity contribution in [1.82, 2.24) is 9.78 Å². The third kappa shape index (κ3) is 4.75. The van der Waals surface area contributed by atoms with Gasteiger partial charge in [0.1, 0.15) is 21.4 Å². The van der Waals surface area contributed by atoms with Crippen LogP contribution in [0.1, 0.15) is 48.9 Å². The van der Waals surface area contributed by atoms with E-state index in [0.29, 0.717) is 10.9 Å². The number of rotatable bonds is 6. The maximum Gasteiger partial charge on any atom is 0.274 e. The third-order valence-electron chi connectivity index (χ3n) is 6.89. The van der Waals surface area contributed by atoms with E-state index in [4.69, 9.17) is 4.74 Å². The van der Waals surface area contributed by atoms with E-state index in [1.807, 2.05) is 0 Å². The molecule has 1 saturated heterocycles. The molecule has 0 aliphatic carbocycles. The molecule has 0 radical (unpaired) electrons. The normalized spacial score (nSPS) is 17.4. The van der Waals surface area contributed by atoms with Gasteiger partial charge in [0.25, 0.3) is 12.0 Å². The molecule has 4 rings (SSSR count). The molecule has 0 unspecified atom stereocenters. The zero-order chi connectivity index (χ0) is 27.1. The van der Waals surface area contributed by atoms with Gasteiger partial charge >= 0.3 is 0 Å². The van der Waals surface area contributed by atoms with Crippen LogP contribution < -0.4 is 15.6 Å². The predicted molar refractivity (Wildman–Crippen MR) is 132 cm³/mol. The first-order valence-corrected chi connectivity index (χ1v) is 13.3. The number of aryl methyl sites for hydroxylation is 1. The SMILES string of the molecule is COc1cc2c(=O)n(C)nc(N[C@H](C)c3cccc(C(F)F)c3F)c2cc1C1(C#N)CCS(=O)(=O)CC1. The molecule has 1 N–H and O–H groups in total. The van der Waals surface area contributed by atoms with E-state index in [1.165, 1.54) is 32.4 Å². The monoisotopic (exact) mass is 534 g/mol. The minimum Gasteiger partial charge on any atom is -0.496 e. The number of aromatic nitrogens is 2. The number of nitriles is 1. The maximum atomic E-state index is 14.8. The van der Waals surface area contributed by atoms with E-state index in [2.05, 4.69) is 16.5 Å². The van der Waals surface area contributed by atoms with Gasteiger partial charge in [-0.3, -0.25) is 4.79 Å². The van der Waals surface area contributed by atoms with Crippen LogP contribution in [-0.4, -0.2) is 36.8 Å². The molecule has 1 aromatic heterocycles. The second-order valence-electron chi connectivity index (χ2n) is 9.14. The molecule has 0 saturated carbocycles. The van der Waals surface area contributed by atoms with Crippen LogP contribution in [0.3, 0.4) is 0 Å². The minimum absolute atomic E-state index is 0.0127. The Morgan fingerprint density at radius 1 is 1.19 bits per heavy atom. The molecule has 1 fully saturated rings. The van der Waals surface area contributed by atoms with Gasteiger partial charge in [-0.25, -0.2) is 26.3 Å². The van der Waals surface area contributed by atoms with Gasteiger partial charge in [-0.2, -0.15) is 10.4 Å². The molecule has 8 nitrogen and oxygen atoms in total. The molecule has 1 atom stereocenters. The summed E-state index contributed by atoms with van der Waals surface area (Å²) < 4.78 is 72.0. The maximum absolute atomic E-state index is 14.8. The third-order valence-corrected chi connectivity index (χ3v) is 8.54. The number of fused-ring (bicyclic) bond motifs is 1. The Kier molecular flexibility index (Phi) is 6.94. The van der Waals surface area contributed by atoms with Gasteiger partial charge in [0.2, 0.25) is 0 Å². The average molecular weight is 535 g/mol. The molecule has 2 aromatic carbocycles. The van der Waals surface area contributed by atoms with Gasteiger partial charge in [-0.15, -0.1) is 0 Å². The molecular formula is C25H25F3N4O4S. The summed E-state index contributed by atoms with van der Waals surface area (Å²) in [5, 5.41) is 17.9. The summed E-state index contributed by atoms with van der Waals surface area (Å²) in [6, 6.07) is 8.22. The van der Waals surface area contributed by atoms with Gasteiger partial charge < -0.3 is 10.1 Å². The van der Waals surface area contributed by atoms with E-state index in [1.54, 1.807) is 13.0 Å². The standard InChI is InChI=1S/C25H25F3N4O4S/c1-14(15-5-4-6-16(21(15)26)22(27)28)30-23-17-11-19(25(13-29)7-9-37(34,35)10-8-25)20(36-3)12-18(17)24(33)32(2)31-23/h4-6,11-12,14,22H,7-10H2,1-3H3,(H,30,31)/t14-/m1/s1. The molecule has 37 heavy (non-hydrogen) atoms. The van der Waals surface area contributed by atoms with E-state index in [9.17, 15) is 31.6 Å². The number of benzene rings is 2. The number of alkyl halides is 2. The number of halogens is 3. The van der Waals surface area contributed by atoms with Crippen molar-refractivity contribution in [1.29, 1.82) is 5.26 Å². The van der Waals surface area contributed by atoms with E-state index < -0.39 is 44.7 Å². The van der Waals surface area contributed by atoms with Crippen molar-refractivity contribution in [2.24, 2.45) is 7.05 Å². The highest BCUT2D eigenvalue weighted by Crippen LogP contribution is 2.43. The van der Waals surface area contributed by atoms with Crippen molar-refractivity contribution in [3.63, 3.8) is 0 Å². The van der Waals surface area contributed by atoms with Crippen molar-refractivity contribution in [2.75, 3.05) is 23.9 Å². The quantitative estimate of drug-likeness (QED) is 0.505. The van der Waals surface area contributed by atoms with Crippen LogP contribution in [0.2, 0.25) is 0 Å². The minimum atomic E-state index is -3.27. The van der Waals surface area contributed by atoms with Crippen molar-refractivity contribution >= 4 is 26.4 Å². The van der Waals surface area contributed by atoms with Crippen LogP contribution in [-0.2, 0) is 22.3 Å². The summed E-state index contributed by atoms with van der Waals surface area (Å²) in [5.74, 6) is -0.962. The predicted octanol–water partition coefficient (Wildman–Crippen LogP) is 4.16. The van der Waals surface area contributed by atoms with Crippen LogP contribution in [0.5, 0.6) is 5.75 Å². The van der Waals surface area contributed by atoms with Gasteiger partial charge in [-0.05, 0) is 31.9 Å². The highest BCUT2D eigenvalue weighted by Gasteiger charge is 2.41. The Balaban J connectivity index is 1.88. The molecule has 1 aliphatic rings. The Morgan fingerprint density at radius 3 is 2.43 bits per heavy atom. The van der Waals surface area contributed by atoms with E-state index in [-0.39, 0.29) is 46.9 Å². The smallest absolute Gasteiger partial charge is 0.274 e. The zero-order valence-corrected chi connectivity index (χ0v) is 21.2. The summed E-state index contributed by atoms with van der Waals surface area (Å²) in [6.07, 6.45) is -2.88. The Morgan fingerprint density at radius 2 is 1.84 bits per heavy atom. The number of hydrogen-bond acceptors (Lipinski definition) is 7. The van der Waals surface area contributed by atoms with Crippen LogP contribution >= 0.6 is 0 Å². The lowest BCUT2D eigenvalue weighted by Gasteiger charge is -2.32. The molecule has 1 aliphatic heterocycles. The molecule has 2 heterocycles. The first-order valence-electron chi connectivity index (χ1n) is 11.5. The highest BCUT2D eigenvalue weighted by atomic mass is 32.2. The van der Waals surface area contributed by atoms with Crippen molar-refractivity contribution in [3.05, 3.63) is 63.2 Å². The number of methoxy groups -OCH3 is 1. The molecule has 3 aromatic rings. The summed E-state index contributed by atoms with van der Waals surface area (Å²) >= 11 is 0. The topological polar surface area (TPSA) is 114 Å². The van der Waals surface area contributed by atoms with Crippen LogP contribution in [0, 0.1) is 17.1 Å². The van der Waals surface area contributed by atoms with Crippen LogP contribution in [0.4, 0.5) is 19.0 Å².